The van der Waals surface area contributed by atoms with Crippen LogP contribution in [0.2, 0.25) is 0 Å². The lowest BCUT2D eigenvalue weighted by Gasteiger charge is -2.25. The molecule has 2 aromatic rings. The quantitative estimate of drug-likeness (QED) is 0.767. The third-order valence-corrected chi connectivity index (χ3v) is 4.11. The zero-order valence-corrected chi connectivity index (χ0v) is 14.6. The van der Waals surface area contributed by atoms with E-state index in [4.69, 9.17) is 8.83 Å². The number of furan rings is 2. The number of nitrogens with zero attached hydrogens (tertiary/aromatic N) is 2. The van der Waals surface area contributed by atoms with Crippen LogP contribution in [0.25, 0.3) is 6.08 Å². The van der Waals surface area contributed by atoms with Gasteiger partial charge in [0.25, 0.3) is 5.91 Å². The van der Waals surface area contributed by atoms with Crippen LogP contribution in [-0.4, -0.2) is 53.8 Å². The van der Waals surface area contributed by atoms with Crippen molar-refractivity contribution in [2.45, 2.75) is 6.04 Å². The van der Waals surface area contributed by atoms with Gasteiger partial charge in [-0.3, -0.25) is 9.59 Å². The van der Waals surface area contributed by atoms with E-state index >= 15 is 0 Å². The second kappa shape index (κ2) is 7.45. The first-order valence-electron chi connectivity index (χ1n) is 8.17. The summed E-state index contributed by atoms with van der Waals surface area (Å²) in [7, 11) is 3.77. The summed E-state index contributed by atoms with van der Waals surface area (Å²) in [5.74, 6) is -0.666. The van der Waals surface area contributed by atoms with Gasteiger partial charge in [-0.1, -0.05) is 0 Å². The van der Waals surface area contributed by atoms with Crippen molar-refractivity contribution in [1.29, 1.82) is 0 Å². The van der Waals surface area contributed by atoms with E-state index in [1.54, 1.807) is 24.3 Å². The topological polar surface area (TPSA) is 87.1 Å². The average molecular weight is 356 g/mol. The first-order valence-corrected chi connectivity index (χ1v) is 8.17. The molecule has 1 atom stereocenters. The SMILES string of the molecule is CN(C)CCN1C(=O)C(O)=C(C(=O)/C=C/c2ccco2)[C@H]1c1ccco1. The zero-order chi connectivity index (χ0) is 18.7. The molecule has 1 N–H and O–H groups in total. The lowest BCUT2D eigenvalue weighted by molar-refractivity contribution is -0.129. The fraction of sp³-hybridized carbons (Fsp3) is 0.263. The van der Waals surface area contributed by atoms with Crippen LogP contribution in [0, 0.1) is 0 Å². The molecule has 0 spiro atoms. The molecule has 0 bridgehead atoms. The molecule has 0 unspecified atom stereocenters. The van der Waals surface area contributed by atoms with Crippen molar-refractivity contribution in [2.75, 3.05) is 27.2 Å². The standard InChI is InChI=1S/C19H20N2O5/c1-20(2)9-10-21-17(15-6-4-12-26-15)16(18(23)19(21)24)14(22)8-7-13-5-3-11-25-13/h3-8,11-12,17,23H,9-10H2,1-2H3/b8-7+/t17-/m1/s1. The molecule has 7 nitrogen and oxygen atoms in total. The lowest BCUT2D eigenvalue weighted by atomic mass is 10.0. The van der Waals surface area contributed by atoms with Crippen LogP contribution in [0.15, 0.2) is 63.0 Å². The van der Waals surface area contributed by atoms with Crippen LogP contribution in [-0.2, 0) is 9.59 Å². The summed E-state index contributed by atoms with van der Waals surface area (Å²) >= 11 is 0. The van der Waals surface area contributed by atoms with Crippen molar-refractivity contribution in [3.63, 3.8) is 0 Å². The number of aliphatic hydroxyl groups is 1. The van der Waals surface area contributed by atoms with Crippen molar-refractivity contribution < 1.29 is 23.5 Å². The summed E-state index contributed by atoms with van der Waals surface area (Å²) in [5.41, 5.74) is 0.00603. The van der Waals surface area contributed by atoms with Gasteiger partial charge in [-0.15, -0.1) is 0 Å². The Bertz CT molecular complexity index is 831. The van der Waals surface area contributed by atoms with Gasteiger partial charge in [0, 0.05) is 13.1 Å². The molecule has 7 heteroatoms. The highest BCUT2D eigenvalue weighted by atomic mass is 16.3. The third kappa shape index (κ3) is 3.48. The second-order valence-corrected chi connectivity index (χ2v) is 6.20. The Morgan fingerprint density at radius 2 is 2.00 bits per heavy atom. The Labute approximate surface area is 150 Å². The molecule has 3 rings (SSSR count). The number of hydrogen-bond acceptors (Lipinski definition) is 6. The third-order valence-electron chi connectivity index (χ3n) is 4.11. The molecule has 136 valence electrons. The first-order chi connectivity index (χ1) is 12.5. The van der Waals surface area contributed by atoms with Crippen molar-refractivity contribution in [3.05, 3.63) is 65.7 Å². The predicted molar refractivity (Wildman–Crippen MR) is 94.1 cm³/mol. The van der Waals surface area contributed by atoms with Crippen LogP contribution in [0.4, 0.5) is 0 Å². The zero-order valence-electron chi connectivity index (χ0n) is 14.6. The Balaban J connectivity index is 1.92. The summed E-state index contributed by atoms with van der Waals surface area (Å²) in [4.78, 5) is 28.6. The summed E-state index contributed by atoms with van der Waals surface area (Å²) < 4.78 is 10.6. The average Bonchev–Trinajstić information content (AvgIpc) is 3.34. The molecule has 26 heavy (non-hydrogen) atoms. The minimum absolute atomic E-state index is 0.00603. The Hall–Kier alpha value is -3.06. The summed E-state index contributed by atoms with van der Waals surface area (Å²) in [6.45, 7) is 0.930. The summed E-state index contributed by atoms with van der Waals surface area (Å²) in [6.07, 6.45) is 5.74. The summed E-state index contributed by atoms with van der Waals surface area (Å²) in [5, 5.41) is 10.3. The van der Waals surface area contributed by atoms with Crippen molar-refractivity contribution >= 4 is 17.8 Å². The van der Waals surface area contributed by atoms with Gasteiger partial charge in [-0.25, -0.2) is 0 Å². The Kier molecular flexibility index (Phi) is 5.09. The fourth-order valence-electron chi connectivity index (χ4n) is 2.82. The van der Waals surface area contributed by atoms with Crippen LogP contribution in [0.1, 0.15) is 17.6 Å². The van der Waals surface area contributed by atoms with Gasteiger partial charge in [-0.2, -0.15) is 0 Å². The van der Waals surface area contributed by atoms with Gasteiger partial charge in [-0.05, 0) is 50.5 Å². The van der Waals surface area contributed by atoms with Crippen molar-refractivity contribution in [3.8, 4) is 0 Å². The number of carbonyl (C=O) groups excluding carboxylic acids is 2. The van der Waals surface area contributed by atoms with Crippen LogP contribution < -0.4 is 0 Å². The lowest BCUT2D eigenvalue weighted by Crippen LogP contribution is -2.36. The second-order valence-electron chi connectivity index (χ2n) is 6.20. The Morgan fingerprint density at radius 3 is 2.62 bits per heavy atom. The maximum absolute atomic E-state index is 12.7. The first kappa shape index (κ1) is 17.8. The van der Waals surface area contributed by atoms with Gasteiger partial charge < -0.3 is 23.7 Å². The van der Waals surface area contributed by atoms with E-state index in [2.05, 4.69) is 0 Å². The molecule has 0 radical (unpaired) electrons. The molecular formula is C19H20N2O5. The molecule has 0 aliphatic carbocycles. The fourth-order valence-corrected chi connectivity index (χ4v) is 2.82. The molecule has 0 saturated carbocycles. The van der Waals surface area contributed by atoms with E-state index in [-0.39, 0.29) is 5.57 Å². The van der Waals surface area contributed by atoms with Gasteiger partial charge in [0.2, 0.25) is 0 Å². The van der Waals surface area contributed by atoms with Gasteiger partial charge in [0.1, 0.15) is 17.6 Å². The maximum atomic E-state index is 12.7. The molecular weight excluding hydrogens is 336 g/mol. The number of likely N-dealkylation sites (N-methyl/N-ethyl adjacent to an activating group) is 1. The number of amides is 1. The molecule has 1 aliphatic heterocycles. The molecule has 2 aromatic heterocycles. The number of rotatable bonds is 7. The predicted octanol–water partition coefficient (Wildman–Crippen LogP) is 2.41. The van der Waals surface area contributed by atoms with E-state index < -0.39 is 23.5 Å². The minimum atomic E-state index is -0.758. The highest BCUT2D eigenvalue weighted by Crippen LogP contribution is 2.37. The van der Waals surface area contributed by atoms with Gasteiger partial charge in [0.05, 0.1) is 18.1 Å². The normalized spacial score (nSPS) is 17.9. The highest BCUT2D eigenvalue weighted by molar-refractivity contribution is 6.14. The number of allylic oxidation sites excluding steroid dienone is 1. The molecule has 0 aromatic carbocycles. The van der Waals surface area contributed by atoms with Crippen LogP contribution in [0.3, 0.4) is 0 Å². The highest BCUT2D eigenvalue weighted by Gasteiger charge is 2.44. The molecule has 3 heterocycles. The monoisotopic (exact) mass is 356 g/mol. The number of carbonyl (C=O) groups is 2. The molecule has 1 amide bonds. The Morgan fingerprint density at radius 1 is 1.27 bits per heavy atom. The van der Waals surface area contributed by atoms with Crippen molar-refractivity contribution in [1.82, 2.24) is 9.80 Å². The van der Waals surface area contributed by atoms with E-state index in [1.807, 2.05) is 19.0 Å². The number of hydrogen-bond donors (Lipinski definition) is 1. The number of aliphatic hydroxyl groups excluding tert-OH is 1. The van der Waals surface area contributed by atoms with Crippen molar-refractivity contribution in [2.24, 2.45) is 0 Å². The molecule has 0 fully saturated rings. The van der Waals surface area contributed by atoms with Crippen LogP contribution in [0.5, 0.6) is 0 Å². The number of ketones is 1. The van der Waals surface area contributed by atoms with E-state index in [1.165, 1.54) is 29.6 Å². The van der Waals surface area contributed by atoms with E-state index in [0.717, 1.165) is 0 Å². The molecule has 1 aliphatic rings. The summed E-state index contributed by atoms with van der Waals surface area (Å²) in [6, 6.07) is 6.01. The van der Waals surface area contributed by atoms with E-state index in [0.29, 0.717) is 24.6 Å². The maximum Gasteiger partial charge on any atom is 0.290 e. The van der Waals surface area contributed by atoms with Crippen LogP contribution >= 0.6 is 0 Å². The largest absolute Gasteiger partial charge is 0.503 e. The van der Waals surface area contributed by atoms with Gasteiger partial charge >= 0.3 is 0 Å². The minimum Gasteiger partial charge on any atom is -0.503 e. The molecule has 0 saturated heterocycles. The van der Waals surface area contributed by atoms with Gasteiger partial charge in [0.15, 0.2) is 11.5 Å². The van der Waals surface area contributed by atoms with E-state index in [9.17, 15) is 14.7 Å². The smallest absolute Gasteiger partial charge is 0.290 e.